The van der Waals surface area contributed by atoms with Crippen molar-refractivity contribution in [2.24, 2.45) is 0 Å². The van der Waals surface area contributed by atoms with E-state index in [9.17, 15) is 17.6 Å². The zero-order valence-corrected chi connectivity index (χ0v) is 10.4. The summed E-state index contributed by atoms with van der Waals surface area (Å²) in [4.78, 5) is 13.8. The molecule has 8 heteroatoms. The van der Waals surface area contributed by atoms with Gasteiger partial charge in [0, 0.05) is 18.7 Å². The maximum Gasteiger partial charge on any atom is 0.303 e. The standard InChI is InChI=1S/C10H13FN2O4S/c1-7(4-5-9(14)15)13-18(16,17)10-8(11)3-2-6-12-10/h2-3,6-7,13H,4-5H2,1H3,(H,14,15). The molecule has 0 bridgehead atoms. The van der Waals surface area contributed by atoms with Gasteiger partial charge in [-0.05, 0) is 25.5 Å². The molecule has 1 aromatic heterocycles. The first-order valence-corrected chi connectivity index (χ1v) is 6.66. The molecule has 1 rings (SSSR count). The Morgan fingerprint density at radius 2 is 2.28 bits per heavy atom. The van der Waals surface area contributed by atoms with Gasteiger partial charge in [-0.3, -0.25) is 4.79 Å². The molecule has 0 aromatic carbocycles. The molecule has 100 valence electrons. The number of carboxylic acids is 1. The van der Waals surface area contributed by atoms with E-state index in [0.717, 1.165) is 6.07 Å². The summed E-state index contributed by atoms with van der Waals surface area (Å²) in [7, 11) is -4.07. The van der Waals surface area contributed by atoms with Crippen LogP contribution in [-0.4, -0.2) is 30.5 Å². The molecule has 1 atom stereocenters. The van der Waals surface area contributed by atoms with Crippen LogP contribution in [0, 0.1) is 5.82 Å². The number of hydrogen-bond donors (Lipinski definition) is 2. The summed E-state index contributed by atoms with van der Waals surface area (Å²) < 4.78 is 38.9. The molecule has 1 aromatic rings. The molecule has 18 heavy (non-hydrogen) atoms. The third-order valence-electron chi connectivity index (χ3n) is 2.13. The van der Waals surface area contributed by atoms with Gasteiger partial charge in [0.05, 0.1) is 0 Å². The summed E-state index contributed by atoms with van der Waals surface area (Å²) in [5, 5.41) is 7.78. The Bertz CT molecular complexity index is 532. The van der Waals surface area contributed by atoms with E-state index in [1.807, 2.05) is 0 Å². The second-order valence-electron chi connectivity index (χ2n) is 3.75. The Hall–Kier alpha value is -1.54. The third kappa shape index (κ3) is 4.04. The van der Waals surface area contributed by atoms with Gasteiger partial charge in [-0.15, -0.1) is 0 Å². The highest BCUT2D eigenvalue weighted by Gasteiger charge is 2.22. The van der Waals surface area contributed by atoms with Crippen LogP contribution in [0.3, 0.4) is 0 Å². The average molecular weight is 276 g/mol. The molecule has 0 spiro atoms. The summed E-state index contributed by atoms with van der Waals surface area (Å²) in [6, 6.07) is 1.65. The van der Waals surface area contributed by atoms with Crippen molar-refractivity contribution in [3.63, 3.8) is 0 Å². The van der Waals surface area contributed by atoms with E-state index in [1.54, 1.807) is 0 Å². The van der Waals surface area contributed by atoms with Crippen LogP contribution in [0.15, 0.2) is 23.4 Å². The molecule has 0 fully saturated rings. The number of hydrogen-bond acceptors (Lipinski definition) is 4. The van der Waals surface area contributed by atoms with Crippen molar-refractivity contribution in [2.75, 3.05) is 0 Å². The number of nitrogens with zero attached hydrogens (tertiary/aromatic N) is 1. The molecule has 0 saturated carbocycles. The van der Waals surface area contributed by atoms with Crippen LogP contribution >= 0.6 is 0 Å². The van der Waals surface area contributed by atoms with Gasteiger partial charge in [0.1, 0.15) is 0 Å². The van der Waals surface area contributed by atoms with Crippen LogP contribution in [0.1, 0.15) is 19.8 Å². The van der Waals surface area contributed by atoms with Crippen molar-refractivity contribution in [2.45, 2.75) is 30.8 Å². The number of aromatic nitrogens is 1. The van der Waals surface area contributed by atoms with Crippen LogP contribution in [0.2, 0.25) is 0 Å². The minimum absolute atomic E-state index is 0.114. The summed E-state index contributed by atoms with van der Waals surface area (Å²) in [5.41, 5.74) is 0. The number of halogens is 1. The topological polar surface area (TPSA) is 96.4 Å². The van der Waals surface area contributed by atoms with Crippen LogP contribution < -0.4 is 4.72 Å². The fourth-order valence-electron chi connectivity index (χ4n) is 1.29. The van der Waals surface area contributed by atoms with E-state index in [0.29, 0.717) is 0 Å². The lowest BCUT2D eigenvalue weighted by molar-refractivity contribution is -0.137. The first kappa shape index (κ1) is 14.5. The van der Waals surface area contributed by atoms with Crippen LogP contribution in [-0.2, 0) is 14.8 Å². The molecule has 1 unspecified atom stereocenters. The molecule has 0 aliphatic heterocycles. The van der Waals surface area contributed by atoms with Gasteiger partial charge >= 0.3 is 5.97 Å². The predicted octanol–water partition coefficient (Wildman–Crippen LogP) is 0.752. The van der Waals surface area contributed by atoms with Gasteiger partial charge in [0.2, 0.25) is 5.03 Å². The van der Waals surface area contributed by atoms with Gasteiger partial charge < -0.3 is 5.11 Å². The van der Waals surface area contributed by atoms with Crippen LogP contribution in [0.4, 0.5) is 4.39 Å². The Morgan fingerprint density at radius 3 is 2.83 bits per heavy atom. The van der Waals surface area contributed by atoms with E-state index in [2.05, 4.69) is 9.71 Å². The van der Waals surface area contributed by atoms with E-state index < -0.39 is 32.9 Å². The Labute approximate surface area is 104 Å². The number of nitrogens with one attached hydrogen (secondary N) is 1. The highest BCUT2D eigenvalue weighted by Crippen LogP contribution is 2.11. The lowest BCUT2D eigenvalue weighted by Gasteiger charge is -2.12. The maximum absolute atomic E-state index is 13.3. The van der Waals surface area contributed by atoms with Crippen LogP contribution in [0.5, 0.6) is 0 Å². The Morgan fingerprint density at radius 1 is 1.61 bits per heavy atom. The largest absolute Gasteiger partial charge is 0.481 e. The van der Waals surface area contributed by atoms with Crippen molar-refractivity contribution in [3.8, 4) is 0 Å². The summed E-state index contributed by atoms with van der Waals surface area (Å²) in [6.45, 7) is 1.50. The SMILES string of the molecule is CC(CCC(=O)O)NS(=O)(=O)c1ncccc1F. The highest BCUT2D eigenvalue weighted by molar-refractivity contribution is 7.89. The molecule has 0 saturated heterocycles. The maximum atomic E-state index is 13.3. The molecule has 0 radical (unpaired) electrons. The minimum atomic E-state index is -4.07. The molecular formula is C10H13FN2O4S. The van der Waals surface area contributed by atoms with E-state index >= 15 is 0 Å². The van der Waals surface area contributed by atoms with E-state index in [4.69, 9.17) is 5.11 Å². The molecule has 6 nitrogen and oxygen atoms in total. The number of rotatable bonds is 6. The predicted molar refractivity (Wildman–Crippen MR) is 60.8 cm³/mol. The van der Waals surface area contributed by atoms with Crippen molar-refractivity contribution in [1.29, 1.82) is 0 Å². The fraction of sp³-hybridized carbons (Fsp3) is 0.400. The van der Waals surface area contributed by atoms with E-state index in [-0.39, 0.29) is 12.8 Å². The molecule has 0 aliphatic rings. The van der Waals surface area contributed by atoms with Crippen molar-refractivity contribution in [1.82, 2.24) is 9.71 Å². The second kappa shape index (κ2) is 5.87. The Kier molecular flexibility index (Phi) is 4.74. The van der Waals surface area contributed by atoms with E-state index in [1.165, 1.54) is 19.2 Å². The highest BCUT2D eigenvalue weighted by atomic mass is 32.2. The molecule has 0 amide bonds. The number of sulfonamides is 1. The fourth-order valence-corrected chi connectivity index (χ4v) is 2.57. The smallest absolute Gasteiger partial charge is 0.303 e. The Balaban J connectivity index is 2.77. The van der Waals surface area contributed by atoms with Gasteiger partial charge in [-0.1, -0.05) is 0 Å². The minimum Gasteiger partial charge on any atom is -0.481 e. The zero-order valence-electron chi connectivity index (χ0n) is 9.63. The van der Waals surface area contributed by atoms with Gasteiger partial charge in [0.25, 0.3) is 10.0 Å². The van der Waals surface area contributed by atoms with Crippen molar-refractivity contribution >= 4 is 16.0 Å². The number of carbonyl (C=O) groups is 1. The average Bonchev–Trinajstić information content (AvgIpc) is 2.26. The first-order valence-electron chi connectivity index (χ1n) is 5.17. The third-order valence-corrected chi connectivity index (χ3v) is 3.65. The second-order valence-corrected chi connectivity index (χ2v) is 5.37. The van der Waals surface area contributed by atoms with Gasteiger partial charge in [0.15, 0.2) is 5.82 Å². The van der Waals surface area contributed by atoms with Gasteiger partial charge in [-0.2, -0.15) is 0 Å². The first-order chi connectivity index (χ1) is 8.33. The van der Waals surface area contributed by atoms with Gasteiger partial charge in [-0.25, -0.2) is 22.5 Å². The molecule has 1 heterocycles. The number of aliphatic carboxylic acids is 1. The summed E-state index contributed by atoms with van der Waals surface area (Å²) in [6.07, 6.45) is 1.11. The molecule has 2 N–H and O–H groups in total. The monoisotopic (exact) mass is 276 g/mol. The normalized spacial score (nSPS) is 13.2. The number of carboxylic acid groups (broad SMARTS) is 1. The molecule has 0 aliphatic carbocycles. The quantitative estimate of drug-likeness (QED) is 0.799. The zero-order chi connectivity index (χ0) is 13.8. The lowest BCUT2D eigenvalue weighted by Crippen LogP contribution is -2.34. The van der Waals surface area contributed by atoms with Crippen molar-refractivity contribution < 1.29 is 22.7 Å². The van der Waals surface area contributed by atoms with Crippen LogP contribution in [0.25, 0.3) is 0 Å². The molecular weight excluding hydrogens is 263 g/mol. The van der Waals surface area contributed by atoms with Crippen molar-refractivity contribution in [3.05, 3.63) is 24.1 Å². The lowest BCUT2D eigenvalue weighted by atomic mass is 10.2. The summed E-state index contributed by atoms with van der Waals surface area (Å²) >= 11 is 0. The summed E-state index contributed by atoms with van der Waals surface area (Å²) in [5.74, 6) is -1.97. The number of pyridine rings is 1.